The normalized spacial score (nSPS) is 14.8. The van der Waals surface area contributed by atoms with Crippen LogP contribution in [0.5, 0.6) is 0 Å². The van der Waals surface area contributed by atoms with E-state index in [2.05, 4.69) is 32.0 Å². The zero-order valence-corrected chi connectivity index (χ0v) is 13.1. The van der Waals surface area contributed by atoms with Crippen molar-refractivity contribution in [2.24, 2.45) is 0 Å². The first kappa shape index (κ1) is 15.0. The number of hydrogen-bond donors (Lipinski definition) is 1. The fourth-order valence-corrected chi connectivity index (χ4v) is 3.15. The maximum Gasteiger partial charge on any atom is 0.255 e. The summed E-state index contributed by atoms with van der Waals surface area (Å²) in [5.74, 6) is 0.684. The summed E-state index contributed by atoms with van der Waals surface area (Å²) in [6, 6.07) is 5.72. The Kier molecular flexibility index (Phi) is 5.03. The molecule has 2 aromatic heterocycles. The molecule has 0 aliphatic carbocycles. The van der Waals surface area contributed by atoms with Crippen molar-refractivity contribution in [3.63, 3.8) is 0 Å². The second-order valence-electron chi connectivity index (χ2n) is 5.11. The molecule has 0 aromatic carbocycles. The highest BCUT2D eigenvalue weighted by molar-refractivity contribution is 7.07. The van der Waals surface area contributed by atoms with Gasteiger partial charge in [-0.05, 0) is 40.9 Å². The first-order chi connectivity index (χ1) is 10.8. The van der Waals surface area contributed by atoms with Gasteiger partial charge in [-0.25, -0.2) is 4.98 Å². The molecule has 116 valence electrons. The minimum atomic E-state index is -0.0650. The summed E-state index contributed by atoms with van der Waals surface area (Å²) in [5, 5.41) is 7.14. The zero-order chi connectivity index (χ0) is 15.2. The van der Waals surface area contributed by atoms with E-state index in [1.54, 1.807) is 23.6 Å². The molecule has 0 unspecified atom stereocenters. The molecule has 3 rings (SSSR count). The SMILES string of the molecule is O=C(NCCc1ccsc1)c1cccnc1N1CCOCC1. The Bertz CT molecular complexity index is 610. The summed E-state index contributed by atoms with van der Waals surface area (Å²) in [7, 11) is 0. The number of aromatic nitrogens is 1. The number of ether oxygens (including phenoxy) is 1. The van der Waals surface area contributed by atoms with Crippen LogP contribution < -0.4 is 10.2 Å². The summed E-state index contributed by atoms with van der Waals surface area (Å²) >= 11 is 1.67. The highest BCUT2D eigenvalue weighted by Crippen LogP contribution is 2.18. The maximum atomic E-state index is 12.4. The van der Waals surface area contributed by atoms with Crippen LogP contribution in [0, 0.1) is 0 Å². The first-order valence-electron chi connectivity index (χ1n) is 7.41. The molecule has 1 aliphatic rings. The van der Waals surface area contributed by atoms with Gasteiger partial charge < -0.3 is 15.0 Å². The van der Waals surface area contributed by atoms with Gasteiger partial charge in [-0.3, -0.25) is 4.79 Å². The number of nitrogens with one attached hydrogen (secondary N) is 1. The maximum absolute atomic E-state index is 12.4. The molecule has 0 bridgehead atoms. The van der Waals surface area contributed by atoms with Crippen molar-refractivity contribution < 1.29 is 9.53 Å². The fraction of sp³-hybridized carbons (Fsp3) is 0.375. The van der Waals surface area contributed by atoms with E-state index in [1.165, 1.54) is 5.56 Å². The molecule has 5 nitrogen and oxygen atoms in total. The monoisotopic (exact) mass is 317 g/mol. The molecule has 22 heavy (non-hydrogen) atoms. The molecule has 6 heteroatoms. The van der Waals surface area contributed by atoms with E-state index in [0.29, 0.717) is 25.3 Å². The molecule has 1 N–H and O–H groups in total. The molecule has 0 saturated carbocycles. The number of amides is 1. The topological polar surface area (TPSA) is 54.5 Å². The van der Waals surface area contributed by atoms with Crippen molar-refractivity contribution in [3.8, 4) is 0 Å². The van der Waals surface area contributed by atoms with Gasteiger partial charge in [0.15, 0.2) is 0 Å². The van der Waals surface area contributed by atoms with E-state index in [1.807, 2.05) is 6.07 Å². The van der Waals surface area contributed by atoms with Gasteiger partial charge in [0.05, 0.1) is 18.8 Å². The Hall–Kier alpha value is -1.92. The van der Waals surface area contributed by atoms with Crippen LogP contribution in [0.1, 0.15) is 15.9 Å². The van der Waals surface area contributed by atoms with Crippen LogP contribution in [0.4, 0.5) is 5.82 Å². The number of thiophene rings is 1. The van der Waals surface area contributed by atoms with E-state index in [0.717, 1.165) is 25.3 Å². The van der Waals surface area contributed by atoms with Gasteiger partial charge in [0, 0.05) is 25.8 Å². The van der Waals surface area contributed by atoms with Crippen molar-refractivity contribution >= 4 is 23.1 Å². The third-order valence-electron chi connectivity index (χ3n) is 3.62. The lowest BCUT2D eigenvalue weighted by atomic mass is 10.2. The molecule has 0 spiro atoms. The van der Waals surface area contributed by atoms with Crippen LogP contribution in [0.3, 0.4) is 0 Å². The number of hydrogen-bond acceptors (Lipinski definition) is 5. The second-order valence-corrected chi connectivity index (χ2v) is 5.89. The van der Waals surface area contributed by atoms with E-state index in [4.69, 9.17) is 4.74 Å². The van der Waals surface area contributed by atoms with Gasteiger partial charge in [0.25, 0.3) is 5.91 Å². The Balaban J connectivity index is 1.64. The van der Waals surface area contributed by atoms with Crippen LogP contribution in [-0.4, -0.2) is 43.7 Å². The number of carbonyl (C=O) groups is 1. The molecule has 0 radical (unpaired) electrons. The first-order valence-corrected chi connectivity index (χ1v) is 8.36. The molecule has 1 saturated heterocycles. The second kappa shape index (κ2) is 7.38. The quantitative estimate of drug-likeness (QED) is 0.916. The third kappa shape index (κ3) is 3.64. The Labute approximate surface area is 133 Å². The minimum absolute atomic E-state index is 0.0650. The minimum Gasteiger partial charge on any atom is -0.378 e. The summed E-state index contributed by atoms with van der Waals surface area (Å²) in [6.07, 6.45) is 2.58. The number of anilines is 1. The van der Waals surface area contributed by atoms with Crippen molar-refractivity contribution in [3.05, 3.63) is 46.3 Å². The molecule has 3 heterocycles. The van der Waals surface area contributed by atoms with E-state index in [9.17, 15) is 4.79 Å². The average molecular weight is 317 g/mol. The Morgan fingerprint density at radius 2 is 2.23 bits per heavy atom. The van der Waals surface area contributed by atoms with Gasteiger partial charge in [-0.2, -0.15) is 11.3 Å². The van der Waals surface area contributed by atoms with Crippen molar-refractivity contribution in [1.82, 2.24) is 10.3 Å². The molecule has 1 amide bonds. The number of pyridine rings is 1. The van der Waals surface area contributed by atoms with Gasteiger partial charge in [0.2, 0.25) is 0 Å². The van der Waals surface area contributed by atoms with Gasteiger partial charge in [-0.15, -0.1) is 0 Å². The summed E-state index contributed by atoms with van der Waals surface area (Å²) in [4.78, 5) is 18.9. The van der Waals surface area contributed by atoms with E-state index < -0.39 is 0 Å². The zero-order valence-electron chi connectivity index (χ0n) is 12.3. The van der Waals surface area contributed by atoms with Crippen LogP contribution in [0.15, 0.2) is 35.2 Å². The Morgan fingerprint density at radius 3 is 3.00 bits per heavy atom. The molecule has 1 fully saturated rings. The smallest absolute Gasteiger partial charge is 0.255 e. The largest absolute Gasteiger partial charge is 0.378 e. The van der Waals surface area contributed by atoms with Crippen molar-refractivity contribution in [1.29, 1.82) is 0 Å². The molecule has 1 aliphatic heterocycles. The number of nitrogens with zero attached hydrogens (tertiary/aromatic N) is 2. The lowest BCUT2D eigenvalue weighted by molar-refractivity contribution is 0.0952. The highest BCUT2D eigenvalue weighted by Gasteiger charge is 2.19. The van der Waals surface area contributed by atoms with Crippen LogP contribution in [0.25, 0.3) is 0 Å². The third-order valence-corrected chi connectivity index (χ3v) is 4.35. The number of morpholine rings is 1. The van der Waals surface area contributed by atoms with Crippen molar-refractivity contribution in [2.75, 3.05) is 37.7 Å². The fourth-order valence-electron chi connectivity index (χ4n) is 2.45. The van der Waals surface area contributed by atoms with E-state index >= 15 is 0 Å². The summed E-state index contributed by atoms with van der Waals surface area (Å²) in [6.45, 7) is 3.52. The summed E-state index contributed by atoms with van der Waals surface area (Å²) < 4.78 is 5.36. The number of carbonyl (C=O) groups excluding carboxylic acids is 1. The lowest BCUT2D eigenvalue weighted by Crippen LogP contribution is -2.38. The van der Waals surface area contributed by atoms with Crippen LogP contribution in [0.2, 0.25) is 0 Å². The molecule has 0 atom stereocenters. The average Bonchev–Trinajstić information content (AvgIpc) is 3.09. The van der Waals surface area contributed by atoms with Gasteiger partial charge in [-0.1, -0.05) is 0 Å². The van der Waals surface area contributed by atoms with E-state index in [-0.39, 0.29) is 5.91 Å². The molecule has 2 aromatic rings. The van der Waals surface area contributed by atoms with Crippen LogP contribution >= 0.6 is 11.3 Å². The summed E-state index contributed by atoms with van der Waals surface area (Å²) in [5.41, 5.74) is 1.89. The Morgan fingerprint density at radius 1 is 1.36 bits per heavy atom. The molecular weight excluding hydrogens is 298 g/mol. The highest BCUT2D eigenvalue weighted by atomic mass is 32.1. The molecular formula is C16H19N3O2S. The standard InChI is InChI=1S/C16H19N3O2S/c20-16(18-6-3-13-4-11-22-12-13)14-2-1-5-17-15(14)19-7-9-21-10-8-19/h1-2,4-5,11-12H,3,6-10H2,(H,18,20). The lowest BCUT2D eigenvalue weighted by Gasteiger charge is -2.29. The predicted octanol–water partition coefficient (Wildman–Crippen LogP) is 1.95. The predicted molar refractivity (Wildman–Crippen MR) is 87.6 cm³/mol. The van der Waals surface area contributed by atoms with Crippen molar-refractivity contribution in [2.45, 2.75) is 6.42 Å². The van der Waals surface area contributed by atoms with Crippen LogP contribution in [-0.2, 0) is 11.2 Å². The van der Waals surface area contributed by atoms with Gasteiger partial charge >= 0.3 is 0 Å². The number of rotatable bonds is 5. The van der Waals surface area contributed by atoms with Gasteiger partial charge in [0.1, 0.15) is 5.82 Å².